The third kappa shape index (κ3) is 5.50. The maximum Gasteiger partial charge on any atom is 0.192 e. The van der Waals surface area contributed by atoms with E-state index in [2.05, 4.69) is 57.2 Å². The van der Waals surface area contributed by atoms with Crippen LogP contribution in [0.25, 0.3) is 0 Å². The second kappa shape index (κ2) is 10.7. The molecule has 0 aliphatic heterocycles. The third-order valence-corrected chi connectivity index (χ3v) is 13.5. The summed E-state index contributed by atoms with van der Waals surface area (Å²) in [7, 11) is -2.66. The number of benzene rings is 1. The standard InChI is InChI=1S/C24H39NO2SSi/c1-7-29(8-2,9-3)27-24-18-14-13-17-22(19-23(24)20(4)5)28(26,25-6)21-15-11-10-12-16-21/h10-16,19-20,23-24H,7-9,17-18H2,1-6H3/b14-13-,22-19+/t23-,24-,28?/m0/s1. The molecule has 5 heteroatoms. The van der Waals surface area contributed by atoms with Gasteiger partial charge >= 0.3 is 0 Å². The first-order valence-corrected chi connectivity index (χ1v) is 15.1. The van der Waals surface area contributed by atoms with Gasteiger partial charge in [-0.3, -0.25) is 0 Å². The molecule has 0 saturated carbocycles. The zero-order chi connectivity index (χ0) is 21.5. The number of hydrogen-bond acceptors (Lipinski definition) is 3. The first-order valence-electron chi connectivity index (χ1n) is 11.1. The normalized spacial score (nSPS) is 25.4. The molecule has 1 aliphatic rings. The van der Waals surface area contributed by atoms with Crippen molar-refractivity contribution >= 4 is 18.0 Å². The molecule has 1 aromatic rings. The third-order valence-electron chi connectivity index (χ3n) is 6.44. The average molecular weight is 434 g/mol. The quantitative estimate of drug-likeness (QED) is 0.326. The molecule has 29 heavy (non-hydrogen) atoms. The van der Waals surface area contributed by atoms with Crippen LogP contribution in [-0.4, -0.2) is 25.7 Å². The second-order valence-electron chi connectivity index (χ2n) is 8.29. The Bertz CT molecular complexity index is 810. The largest absolute Gasteiger partial charge is 0.413 e. The monoisotopic (exact) mass is 433 g/mol. The summed E-state index contributed by atoms with van der Waals surface area (Å²) in [5.74, 6) is 0.646. The van der Waals surface area contributed by atoms with E-state index in [0.717, 1.165) is 34.4 Å². The van der Waals surface area contributed by atoms with Crippen LogP contribution in [0.15, 0.2) is 62.7 Å². The molecule has 2 rings (SSSR count). The highest BCUT2D eigenvalue weighted by Crippen LogP contribution is 2.35. The molecule has 3 nitrogen and oxygen atoms in total. The molecule has 0 amide bonds. The van der Waals surface area contributed by atoms with E-state index in [4.69, 9.17) is 4.43 Å². The smallest absolute Gasteiger partial charge is 0.192 e. The van der Waals surface area contributed by atoms with Crippen molar-refractivity contribution in [2.24, 2.45) is 16.2 Å². The van der Waals surface area contributed by atoms with Crippen molar-refractivity contribution < 1.29 is 8.63 Å². The van der Waals surface area contributed by atoms with Crippen molar-refractivity contribution in [2.75, 3.05) is 7.05 Å². The Labute approximate surface area is 180 Å². The molecule has 1 aromatic carbocycles. The van der Waals surface area contributed by atoms with Crippen LogP contribution < -0.4 is 0 Å². The predicted octanol–water partition coefficient (Wildman–Crippen LogP) is 7.04. The van der Waals surface area contributed by atoms with Crippen LogP contribution in [0.5, 0.6) is 0 Å². The lowest BCUT2D eigenvalue weighted by Crippen LogP contribution is -2.43. The lowest BCUT2D eigenvalue weighted by atomic mass is 9.87. The summed E-state index contributed by atoms with van der Waals surface area (Å²) in [5, 5.41) is 0. The van der Waals surface area contributed by atoms with E-state index in [1.807, 2.05) is 30.3 Å². The number of rotatable bonds is 8. The average Bonchev–Trinajstić information content (AvgIpc) is 2.73. The highest BCUT2D eigenvalue weighted by molar-refractivity contribution is 7.97. The molecule has 0 N–H and O–H groups in total. The van der Waals surface area contributed by atoms with Crippen molar-refractivity contribution in [1.82, 2.24) is 0 Å². The number of hydrogen-bond donors (Lipinski definition) is 0. The van der Waals surface area contributed by atoms with Crippen molar-refractivity contribution in [3.05, 3.63) is 53.5 Å². The minimum absolute atomic E-state index is 0.143. The van der Waals surface area contributed by atoms with Crippen LogP contribution in [0.3, 0.4) is 0 Å². The van der Waals surface area contributed by atoms with E-state index in [-0.39, 0.29) is 12.0 Å². The maximum atomic E-state index is 14.0. The van der Waals surface area contributed by atoms with E-state index in [1.54, 1.807) is 7.05 Å². The van der Waals surface area contributed by atoms with Gasteiger partial charge in [0.05, 0.1) is 20.7 Å². The zero-order valence-electron chi connectivity index (χ0n) is 19.1. The van der Waals surface area contributed by atoms with Gasteiger partial charge in [-0.15, -0.1) is 0 Å². The summed E-state index contributed by atoms with van der Waals surface area (Å²) in [5.41, 5.74) is 0. The van der Waals surface area contributed by atoms with Gasteiger partial charge in [-0.05, 0) is 49.0 Å². The highest BCUT2D eigenvalue weighted by Gasteiger charge is 2.36. The van der Waals surface area contributed by atoms with Gasteiger partial charge in [-0.25, -0.2) is 8.57 Å². The molecule has 0 fully saturated rings. The lowest BCUT2D eigenvalue weighted by molar-refractivity contribution is 0.121. The van der Waals surface area contributed by atoms with Gasteiger partial charge in [0.25, 0.3) is 0 Å². The van der Waals surface area contributed by atoms with Gasteiger partial charge in [0.1, 0.15) is 0 Å². The number of nitrogens with zero attached hydrogens (tertiary/aromatic N) is 1. The molecular weight excluding hydrogens is 394 g/mol. The minimum Gasteiger partial charge on any atom is -0.413 e. The Morgan fingerprint density at radius 2 is 1.72 bits per heavy atom. The highest BCUT2D eigenvalue weighted by atomic mass is 32.2. The Morgan fingerprint density at radius 1 is 1.10 bits per heavy atom. The van der Waals surface area contributed by atoms with Gasteiger partial charge in [0.15, 0.2) is 8.32 Å². The Morgan fingerprint density at radius 3 is 2.24 bits per heavy atom. The molecule has 1 unspecified atom stereocenters. The van der Waals surface area contributed by atoms with Gasteiger partial charge in [0.2, 0.25) is 0 Å². The Balaban J connectivity index is 2.52. The molecule has 1 aliphatic carbocycles. The zero-order valence-corrected chi connectivity index (χ0v) is 20.9. The molecule has 0 bridgehead atoms. The Hall–Kier alpha value is -1.17. The van der Waals surface area contributed by atoms with E-state index in [9.17, 15) is 4.21 Å². The SMILES string of the molecule is CC[Si](CC)(CC)O[C@H]1C/C=C\C/C(S(=O)(=NC)c2ccccc2)=C\[C@H]1C(C)C. The molecule has 0 heterocycles. The Kier molecular flexibility index (Phi) is 8.92. The molecule has 0 aromatic heterocycles. The van der Waals surface area contributed by atoms with Crippen LogP contribution in [0.2, 0.25) is 18.1 Å². The van der Waals surface area contributed by atoms with Crippen molar-refractivity contribution in [3.63, 3.8) is 0 Å². The molecule has 0 radical (unpaired) electrons. The maximum absolute atomic E-state index is 14.0. The molecule has 162 valence electrons. The lowest BCUT2D eigenvalue weighted by Gasteiger charge is -2.38. The van der Waals surface area contributed by atoms with Gasteiger partial charge < -0.3 is 4.43 Å². The van der Waals surface area contributed by atoms with Crippen molar-refractivity contribution in [2.45, 2.75) is 76.6 Å². The van der Waals surface area contributed by atoms with Crippen molar-refractivity contribution in [3.8, 4) is 0 Å². The van der Waals surface area contributed by atoms with Gasteiger partial charge in [-0.1, -0.05) is 71.0 Å². The summed E-state index contributed by atoms with van der Waals surface area (Å²) >= 11 is 0. The summed E-state index contributed by atoms with van der Waals surface area (Å²) in [6.45, 7) is 11.3. The molecular formula is C24H39NO2SSi. The summed E-state index contributed by atoms with van der Waals surface area (Å²) < 4.78 is 25.4. The van der Waals surface area contributed by atoms with Crippen molar-refractivity contribution in [1.29, 1.82) is 0 Å². The molecule has 0 saturated heterocycles. The van der Waals surface area contributed by atoms with Crippen LogP contribution >= 0.6 is 0 Å². The van der Waals surface area contributed by atoms with Gasteiger partial charge in [0, 0.05) is 17.9 Å². The van der Waals surface area contributed by atoms with Gasteiger partial charge in [-0.2, -0.15) is 0 Å². The minimum atomic E-state index is -2.61. The van der Waals surface area contributed by atoms with E-state index in [1.165, 1.54) is 0 Å². The fourth-order valence-electron chi connectivity index (χ4n) is 4.23. The van der Waals surface area contributed by atoms with E-state index >= 15 is 0 Å². The fraction of sp³-hybridized carbons (Fsp3) is 0.583. The second-order valence-corrected chi connectivity index (χ2v) is 15.4. The summed E-state index contributed by atoms with van der Waals surface area (Å²) in [6.07, 6.45) is 8.38. The van der Waals surface area contributed by atoms with Crippen LogP contribution in [0.1, 0.15) is 47.5 Å². The van der Waals surface area contributed by atoms with Crippen LogP contribution in [-0.2, 0) is 14.2 Å². The molecule has 0 spiro atoms. The first-order chi connectivity index (χ1) is 13.9. The fourth-order valence-corrected chi connectivity index (χ4v) is 9.06. The first kappa shape index (κ1) is 24.1. The summed E-state index contributed by atoms with van der Waals surface area (Å²) in [4.78, 5) is 1.72. The van der Waals surface area contributed by atoms with Crippen LogP contribution in [0, 0.1) is 11.8 Å². The predicted molar refractivity (Wildman–Crippen MR) is 128 cm³/mol. The van der Waals surface area contributed by atoms with E-state index < -0.39 is 18.0 Å². The van der Waals surface area contributed by atoms with E-state index in [0.29, 0.717) is 12.3 Å². The van der Waals surface area contributed by atoms with Crippen LogP contribution in [0.4, 0.5) is 0 Å². The molecule has 3 atom stereocenters. The number of allylic oxidation sites excluding steroid dienone is 2. The summed E-state index contributed by atoms with van der Waals surface area (Å²) in [6, 6.07) is 13.1. The topological polar surface area (TPSA) is 38.7 Å².